The highest BCUT2D eigenvalue weighted by Gasteiger charge is 2.29. The number of ether oxygens (including phenoxy) is 1. The van der Waals surface area contributed by atoms with E-state index in [9.17, 15) is 4.79 Å². The molecule has 7 heteroatoms. The predicted octanol–water partition coefficient (Wildman–Crippen LogP) is 1.73. The number of oxazole rings is 1. The molecule has 23 heavy (non-hydrogen) atoms. The smallest absolute Gasteiger partial charge is 0.225 e. The highest BCUT2D eigenvalue weighted by atomic mass is 16.5. The van der Waals surface area contributed by atoms with Crippen molar-refractivity contribution in [2.75, 3.05) is 20.3 Å². The molecule has 0 saturated heterocycles. The number of hydrogen-bond donors (Lipinski definition) is 0. The van der Waals surface area contributed by atoms with E-state index in [4.69, 9.17) is 9.15 Å². The normalized spacial score (nSPS) is 14.3. The van der Waals surface area contributed by atoms with Gasteiger partial charge in [-0.15, -0.1) is 0 Å². The van der Waals surface area contributed by atoms with Crippen LogP contribution in [-0.2, 0) is 29.0 Å². The number of nitrogens with zero attached hydrogens (tertiary/aromatic N) is 4. The zero-order chi connectivity index (χ0) is 16.4. The summed E-state index contributed by atoms with van der Waals surface area (Å²) in [5.41, 5.74) is 3.73. The summed E-state index contributed by atoms with van der Waals surface area (Å²) < 4.78 is 12.2. The fourth-order valence-electron chi connectivity index (χ4n) is 2.94. The van der Waals surface area contributed by atoms with E-state index >= 15 is 0 Å². The van der Waals surface area contributed by atoms with Gasteiger partial charge in [0.1, 0.15) is 17.7 Å². The van der Waals surface area contributed by atoms with Crippen molar-refractivity contribution in [3.63, 3.8) is 0 Å². The van der Waals surface area contributed by atoms with Crippen molar-refractivity contribution in [1.82, 2.24) is 19.7 Å². The quantitative estimate of drug-likeness (QED) is 0.839. The van der Waals surface area contributed by atoms with Crippen LogP contribution in [0.15, 0.2) is 17.1 Å². The molecule has 0 aromatic carbocycles. The van der Waals surface area contributed by atoms with Gasteiger partial charge in [-0.3, -0.25) is 9.48 Å². The molecule has 3 rings (SSSR count). The number of hydrogen-bond acceptors (Lipinski definition) is 5. The van der Waals surface area contributed by atoms with Crippen molar-refractivity contribution in [2.24, 2.45) is 5.92 Å². The molecule has 0 unspecified atom stereocenters. The Morgan fingerprint density at radius 3 is 2.96 bits per heavy atom. The molecule has 0 fully saturated rings. The average Bonchev–Trinajstić information content (AvgIpc) is 3.19. The molecule has 0 atom stereocenters. The van der Waals surface area contributed by atoms with Crippen LogP contribution in [-0.4, -0.2) is 45.8 Å². The number of carbonyl (C=O) groups is 1. The zero-order valence-electron chi connectivity index (χ0n) is 13.8. The Balaban J connectivity index is 1.96. The number of carbonyl (C=O) groups excluding carboxylic acids is 1. The van der Waals surface area contributed by atoms with Crippen molar-refractivity contribution >= 4 is 5.91 Å². The maximum absolute atomic E-state index is 12.3. The Labute approximate surface area is 135 Å². The van der Waals surface area contributed by atoms with Gasteiger partial charge in [0.15, 0.2) is 6.39 Å². The molecule has 0 saturated carbocycles. The van der Waals surface area contributed by atoms with Crippen LogP contribution in [0.3, 0.4) is 0 Å². The zero-order valence-corrected chi connectivity index (χ0v) is 13.8. The van der Waals surface area contributed by atoms with Gasteiger partial charge in [0.25, 0.3) is 0 Å². The summed E-state index contributed by atoms with van der Waals surface area (Å²) in [7, 11) is 1.68. The largest absolute Gasteiger partial charge is 0.451 e. The molecular weight excluding hydrogens is 296 g/mol. The van der Waals surface area contributed by atoms with Gasteiger partial charge in [0.2, 0.25) is 5.91 Å². The predicted molar refractivity (Wildman–Crippen MR) is 83.6 cm³/mol. The van der Waals surface area contributed by atoms with Crippen LogP contribution in [0.1, 0.15) is 25.1 Å². The van der Waals surface area contributed by atoms with Crippen LogP contribution >= 0.6 is 0 Å². The lowest BCUT2D eigenvalue weighted by molar-refractivity contribution is -0.135. The Morgan fingerprint density at radius 1 is 1.48 bits per heavy atom. The van der Waals surface area contributed by atoms with Crippen LogP contribution in [0.4, 0.5) is 0 Å². The minimum absolute atomic E-state index is 0.00409. The Morgan fingerprint density at radius 2 is 2.30 bits per heavy atom. The number of aromatic nitrogens is 3. The molecule has 7 nitrogen and oxygen atoms in total. The van der Waals surface area contributed by atoms with Crippen molar-refractivity contribution in [1.29, 1.82) is 0 Å². The Hall–Kier alpha value is -2.15. The SMILES string of the molecule is COCCn1nc(-c2cocn2)c2c1CCN(C(=O)C(C)C)C2. The number of amides is 1. The summed E-state index contributed by atoms with van der Waals surface area (Å²) in [4.78, 5) is 18.4. The van der Waals surface area contributed by atoms with E-state index in [2.05, 4.69) is 10.1 Å². The third-order valence-electron chi connectivity index (χ3n) is 4.12. The van der Waals surface area contributed by atoms with Crippen molar-refractivity contribution in [2.45, 2.75) is 33.4 Å². The van der Waals surface area contributed by atoms with Crippen LogP contribution in [0.2, 0.25) is 0 Å². The molecule has 0 radical (unpaired) electrons. The van der Waals surface area contributed by atoms with Gasteiger partial charge in [0.05, 0.1) is 13.2 Å². The van der Waals surface area contributed by atoms with E-state index in [0.29, 0.717) is 25.4 Å². The van der Waals surface area contributed by atoms with E-state index in [0.717, 1.165) is 29.9 Å². The van der Waals surface area contributed by atoms with Gasteiger partial charge in [0, 0.05) is 43.8 Å². The summed E-state index contributed by atoms with van der Waals surface area (Å²) in [6.45, 7) is 6.44. The second-order valence-electron chi connectivity index (χ2n) is 6.03. The lowest BCUT2D eigenvalue weighted by atomic mass is 10.0. The standard InChI is InChI=1S/C16H22N4O3/c1-11(2)16(21)19-5-4-14-12(8-19)15(13-9-23-10-17-13)18-20(14)6-7-22-3/h9-11H,4-8H2,1-3H3. The second-order valence-corrected chi connectivity index (χ2v) is 6.03. The van der Waals surface area contributed by atoms with Crippen LogP contribution < -0.4 is 0 Å². The first-order valence-electron chi connectivity index (χ1n) is 7.86. The number of fused-ring (bicyclic) bond motifs is 1. The Bertz CT molecular complexity index is 676. The fraction of sp³-hybridized carbons (Fsp3) is 0.562. The van der Waals surface area contributed by atoms with Crippen LogP contribution in [0.25, 0.3) is 11.4 Å². The molecule has 0 bridgehead atoms. The molecule has 3 heterocycles. The third kappa shape index (κ3) is 3.01. The molecule has 1 aliphatic rings. The minimum Gasteiger partial charge on any atom is -0.451 e. The molecule has 124 valence electrons. The Kier molecular flexibility index (Phi) is 4.47. The first-order valence-corrected chi connectivity index (χ1v) is 7.86. The molecule has 1 amide bonds. The molecule has 2 aromatic heterocycles. The highest BCUT2D eigenvalue weighted by molar-refractivity contribution is 5.78. The van der Waals surface area contributed by atoms with Crippen LogP contribution in [0.5, 0.6) is 0 Å². The molecule has 0 aliphatic carbocycles. The first-order chi connectivity index (χ1) is 11.1. The molecule has 1 aliphatic heterocycles. The third-order valence-corrected chi connectivity index (χ3v) is 4.12. The maximum atomic E-state index is 12.3. The monoisotopic (exact) mass is 318 g/mol. The van der Waals surface area contributed by atoms with Crippen molar-refractivity contribution in [3.8, 4) is 11.4 Å². The summed E-state index contributed by atoms with van der Waals surface area (Å²) in [6.07, 6.45) is 3.78. The second kappa shape index (κ2) is 6.54. The maximum Gasteiger partial charge on any atom is 0.225 e. The topological polar surface area (TPSA) is 73.4 Å². The fourth-order valence-corrected chi connectivity index (χ4v) is 2.94. The van der Waals surface area contributed by atoms with Crippen molar-refractivity contribution < 1.29 is 13.9 Å². The van der Waals surface area contributed by atoms with Gasteiger partial charge in [-0.05, 0) is 0 Å². The highest BCUT2D eigenvalue weighted by Crippen LogP contribution is 2.29. The molecular formula is C16H22N4O3. The van der Waals surface area contributed by atoms with E-state index in [1.54, 1.807) is 13.4 Å². The minimum atomic E-state index is -0.00409. The van der Waals surface area contributed by atoms with Gasteiger partial charge < -0.3 is 14.1 Å². The lowest BCUT2D eigenvalue weighted by Crippen LogP contribution is -2.38. The molecule has 0 N–H and O–H groups in total. The lowest BCUT2D eigenvalue weighted by Gasteiger charge is -2.29. The number of rotatable bonds is 5. The van der Waals surface area contributed by atoms with Gasteiger partial charge >= 0.3 is 0 Å². The van der Waals surface area contributed by atoms with Gasteiger partial charge in [-0.2, -0.15) is 5.10 Å². The summed E-state index contributed by atoms with van der Waals surface area (Å²) in [5, 5.41) is 4.69. The summed E-state index contributed by atoms with van der Waals surface area (Å²) in [6, 6.07) is 0. The number of methoxy groups -OCH3 is 1. The van der Waals surface area contributed by atoms with Gasteiger partial charge in [-0.1, -0.05) is 13.8 Å². The first kappa shape index (κ1) is 15.7. The van der Waals surface area contributed by atoms with E-state index in [-0.39, 0.29) is 11.8 Å². The van der Waals surface area contributed by atoms with E-state index in [1.807, 2.05) is 23.4 Å². The van der Waals surface area contributed by atoms with E-state index < -0.39 is 0 Å². The van der Waals surface area contributed by atoms with Crippen molar-refractivity contribution in [3.05, 3.63) is 23.9 Å². The van der Waals surface area contributed by atoms with Gasteiger partial charge in [-0.25, -0.2) is 4.98 Å². The van der Waals surface area contributed by atoms with Crippen LogP contribution in [0, 0.1) is 5.92 Å². The average molecular weight is 318 g/mol. The molecule has 0 spiro atoms. The van der Waals surface area contributed by atoms with E-state index in [1.165, 1.54) is 6.39 Å². The summed E-state index contributed by atoms with van der Waals surface area (Å²) in [5.74, 6) is 0.169. The molecule has 2 aromatic rings. The summed E-state index contributed by atoms with van der Waals surface area (Å²) >= 11 is 0.